The predicted octanol–water partition coefficient (Wildman–Crippen LogP) is 0.603. The molecule has 86 valence electrons. The fourth-order valence-electron chi connectivity index (χ4n) is 1.72. The molecule has 2 rings (SSSR count). The summed E-state index contributed by atoms with van der Waals surface area (Å²) >= 11 is 5.97. The van der Waals surface area contributed by atoms with E-state index in [9.17, 15) is 9.59 Å². The van der Waals surface area contributed by atoms with Crippen molar-refractivity contribution >= 4 is 23.1 Å². The number of halogens is 1. The van der Waals surface area contributed by atoms with Gasteiger partial charge in [0.15, 0.2) is 0 Å². The molecule has 2 heterocycles. The molecule has 1 aromatic rings. The van der Waals surface area contributed by atoms with Crippen LogP contribution in [0.1, 0.15) is 12.8 Å². The number of hydrogen-bond acceptors (Lipinski definition) is 4. The Kier molecular flexibility index (Phi) is 2.96. The fourth-order valence-corrected chi connectivity index (χ4v) is 2.01. The van der Waals surface area contributed by atoms with Crippen LogP contribution in [0.15, 0.2) is 11.0 Å². The van der Waals surface area contributed by atoms with E-state index < -0.39 is 0 Å². The van der Waals surface area contributed by atoms with Gasteiger partial charge >= 0.3 is 0 Å². The van der Waals surface area contributed by atoms with Crippen molar-refractivity contribution in [2.45, 2.75) is 12.8 Å². The van der Waals surface area contributed by atoms with Gasteiger partial charge in [0.25, 0.3) is 5.56 Å². The Morgan fingerprint density at radius 2 is 1.94 bits per heavy atom. The zero-order valence-electron chi connectivity index (χ0n) is 8.94. The molecule has 0 atom stereocenters. The molecule has 6 heteroatoms. The third-order valence-electron chi connectivity index (χ3n) is 2.72. The van der Waals surface area contributed by atoms with E-state index in [0.717, 1.165) is 0 Å². The zero-order chi connectivity index (χ0) is 11.7. The summed E-state index contributed by atoms with van der Waals surface area (Å²) in [5, 5.41) is 4.10. The highest BCUT2D eigenvalue weighted by molar-refractivity contribution is 6.33. The smallest absolute Gasteiger partial charge is 0.287 e. The SMILES string of the molecule is Cn1ncc(N2CCC(=O)CC2)c(Cl)c1=O. The van der Waals surface area contributed by atoms with Crippen LogP contribution in [-0.2, 0) is 11.8 Å². The number of carbonyl (C=O) groups excluding carboxylic acids is 1. The van der Waals surface area contributed by atoms with Gasteiger partial charge in [-0.15, -0.1) is 0 Å². The molecule has 1 aliphatic heterocycles. The van der Waals surface area contributed by atoms with Gasteiger partial charge in [-0.2, -0.15) is 5.10 Å². The van der Waals surface area contributed by atoms with Crippen LogP contribution in [-0.4, -0.2) is 28.7 Å². The minimum absolute atomic E-state index is 0.173. The number of carbonyl (C=O) groups is 1. The molecular formula is C10H12ClN3O2. The van der Waals surface area contributed by atoms with Gasteiger partial charge < -0.3 is 4.90 Å². The molecule has 0 aromatic carbocycles. The van der Waals surface area contributed by atoms with E-state index in [4.69, 9.17) is 11.6 Å². The van der Waals surface area contributed by atoms with E-state index in [-0.39, 0.29) is 16.4 Å². The first kappa shape index (κ1) is 11.1. The van der Waals surface area contributed by atoms with Crippen LogP contribution in [0.2, 0.25) is 5.02 Å². The van der Waals surface area contributed by atoms with Crippen molar-refractivity contribution in [3.8, 4) is 0 Å². The van der Waals surface area contributed by atoms with Crippen molar-refractivity contribution in [2.24, 2.45) is 7.05 Å². The number of rotatable bonds is 1. The topological polar surface area (TPSA) is 55.2 Å². The standard InChI is InChI=1S/C10H12ClN3O2/c1-13-10(16)9(11)8(6-12-13)14-4-2-7(15)3-5-14/h6H,2-5H2,1H3. The van der Waals surface area contributed by atoms with Gasteiger partial charge in [0.1, 0.15) is 10.8 Å². The molecule has 0 amide bonds. The summed E-state index contributed by atoms with van der Waals surface area (Å²) in [4.78, 5) is 24.6. The number of aryl methyl sites for hydroxylation is 1. The number of piperidine rings is 1. The van der Waals surface area contributed by atoms with Gasteiger partial charge in [0, 0.05) is 33.0 Å². The number of ketones is 1. The maximum atomic E-state index is 11.6. The summed E-state index contributed by atoms with van der Waals surface area (Å²) in [6.07, 6.45) is 2.58. The average Bonchev–Trinajstić information content (AvgIpc) is 2.28. The molecule has 0 spiro atoms. The molecule has 0 aliphatic carbocycles. The van der Waals surface area contributed by atoms with Crippen LogP contribution >= 0.6 is 11.6 Å². The van der Waals surface area contributed by atoms with Crippen molar-refractivity contribution < 1.29 is 4.79 Å². The lowest BCUT2D eigenvalue weighted by Gasteiger charge is -2.28. The summed E-state index contributed by atoms with van der Waals surface area (Å²) in [7, 11) is 1.55. The summed E-state index contributed by atoms with van der Waals surface area (Å²) < 4.78 is 1.20. The summed E-state index contributed by atoms with van der Waals surface area (Å²) in [5.41, 5.74) is 0.313. The fraction of sp³-hybridized carbons (Fsp3) is 0.500. The van der Waals surface area contributed by atoms with Crippen molar-refractivity contribution in [1.82, 2.24) is 9.78 Å². The van der Waals surface area contributed by atoms with E-state index in [1.165, 1.54) is 4.68 Å². The van der Waals surface area contributed by atoms with E-state index in [2.05, 4.69) is 5.10 Å². The Morgan fingerprint density at radius 3 is 2.56 bits per heavy atom. The number of aromatic nitrogens is 2. The number of anilines is 1. The molecule has 0 saturated carbocycles. The Balaban J connectivity index is 2.31. The number of Topliss-reactive ketones (excluding diaryl/α,β-unsaturated/α-hetero) is 1. The normalized spacial score (nSPS) is 16.6. The largest absolute Gasteiger partial charge is 0.368 e. The van der Waals surface area contributed by atoms with Gasteiger partial charge in [0.2, 0.25) is 0 Å². The molecule has 0 N–H and O–H groups in total. The Bertz CT molecular complexity index is 473. The molecule has 0 radical (unpaired) electrons. The minimum atomic E-state index is -0.309. The van der Waals surface area contributed by atoms with Crippen molar-refractivity contribution in [3.05, 3.63) is 21.6 Å². The highest BCUT2D eigenvalue weighted by atomic mass is 35.5. The molecule has 1 fully saturated rings. The molecule has 16 heavy (non-hydrogen) atoms. The molecular weight excluding hydrogens is 230 g/mol. The quantitative estimate of drug-likeness (QED) is 0.723. The molecule has 1 aromatic heterocycles. The van der Waals surface area contributed by atoms with Crippen LogP contribution in [0.3, 0.4) is 0 Å². The van der Waals surface area contributed by atoms with E-state index >= 15 is 0 Å². The van der Waals surface area contributed by atoms with Crippen molar-refractivity contribution in [1.29, 1.82) is 0 Å². The van der Waals surface area contributed by atoms with Crippen LogP contribution in [0.5, 0.6) is 0 Å². The average molecular weight is 242 g/mol. The van der Waals surface area contributed by atoms with Crippen LogP contribution in [0.25, 0.3) is 0 Å². The molecule has 1 aliphatic rings. The van der Waals surface area contributed by atoms with Gasteiger partial charge in [-0.05, 0) is 0 Å². The van der Waals surface area contributed by atoms with E-state index in [1.54, 1.807) is 13.2 Å². The third kappa shape index (κ3) is 1.95. The minimum Gasteiger partial charge on any atom is -0.368 e. The molecule has 1 saturated heterocycles. The second kappa shape index (κ2) is 4.25. The highest BCUT2D eigenvalue weighted by Gasteiger charge is 2.20. The predicted molar refractivity (Wildman–Crippen MR) is 60.9 cm³/mol. The van der Waals surface area contributed by atoms with Gasteiger partial charge in [-0.1, -0.05) is 11.6 Å². The first-order chi connectivity index (χ1) is 7.59. The van der Waals surface area contributed by atoms with Gasteiger partial charge in [-0.3, -0.25) is 9.59 Å². The van der Waals surface area contributed by atoms with E-state index in [0.29, 0.717) is 31.6 Å². The van der Waals surface area contributed by atoms with E-state index in [1.807, 2.05) is 4.90 Å². The zero-order valence-corrected chi connectivity index (χ0v) is 9.70. The second-order valence-corrected chi connectivity index (χ2v) is 4.18. The number of hydrogen-bond donors (Lipinski definition) is 0. The maximum absolute atomic E-state index is 11.6. The highest BCUT2D eigenvalue weighted by Crippen LogP contribution is 2.23. The Labute approximate surface area is 97.6 Å². The van der Waals surface area contributed by atoms with Crippen LogP contribution in [0, 0.1) is 0 Å². The maximum Gasteiger partial charge on any atom is 0.287 e. The van der Waals surface area contributed by atoms with Crippen molar-refractivity contribution in [2.75, 3.05) is 18.0 Å². The lowest BCUT2D eigenvalue weighted by molar-refractivity contribution is -0.119. The summed E-state index contributed by atoms with van der Waals surface area (Å²) in [5.74, 6) is 0.254. The van der Waals surface area contributed by atoms with Gasteiger partial charge in [-0.25, -0.2) is 4.68 Å². The first-order valence-corrected chi connectivity index (χ1v) is 5.46. The molecule has 5 nitrogen and oxygen atoms in total. The van der Waals surface area contributed by atoms with Crippen LogP contribution in [0.4, 0.5) is 5.69 Å². The van der Waals surface area contributed by atoms with Gasteiger partial charge in [0.05, 0.1) is 11.9 Å². The van der Waals surface area contributed by atoms with Crippen LogP contribution < -0.4 is 10.5 Å². The Hall–Kier alpha value is -1.36. The monoisotopic (exact) mass is 241 g/mol. The molecule has 0 unspecified atom stereocenters. The lowest BCUT2D eigenvalue weighted by Crippen LogP contribution is -2.35. The summed E-state index contributed by atoms with van der Waals surface area (Å²) in [6.45, 7) is 1.21. The summed E-state index contributed by atoms with van der Waals surface area (Å²) in [6, 6.07) is 0. The molecule has 0 bridgehead atoms. The number of nitrogens with zero attached hydrogens (tertiary/aromatic N) is 3. The lowest BCUT2D eigenvalue weighted by atomic mass is 10.1. The third-order valence-corrected chi connectivity index (χ3v) is 3.08. The Morgan fingerprint density at radius 1 is 1.31 bits per heavy atom. The van der Waals surface area contributed by atoms with Crippen molar-refractivity contribution in [3.63, 3.8) is 0 Å². The first-order valence-electron chi connectivity index (χ1n) is 5.08. The second-order valence-electron chi connectivity index (χ2n) is 3.80.